The zero-order valence-corrected chi connectivity index (χ0v) is 21.0. The summed E-state index contributed by atoms with van der Waals surface area (Å²) in [6.07, 6.45) is 4.20. The molecule has 11 heteroatoms. The fourth-order valence-corrected chi connectivity index (χ4v) is 5.70. The topological polar surface area (TPSA) is 130 Å². The van der Waals surface area contributed by atoms with Gasteiger partial charge in [0.1, 0.15) is 32.5 Å². The number of H-pyrrole nitrogens is 1. The number of aromatic amines is 1. The van der Waals surface area contributed by atoms with E-state index in [1.54, 1.807) is 6.20 Å². The van der Waals surface area contributed by atoms with E-state index in [4.69, 9.17) is 4.40 Å². The van der Waals surface area contributed by atoms with Crippen LogP contribution < -0.4 is 4.90 Å². The molecule has 3 aromatic heterocycles. The van der Waals surface area contributed by atoms with E-state index in [0.717, 1.165) is 36.2 Å². The molecule has 1 N–H and O–H groups in total. The number of hydrogen-bond donors (Lipinski definition) is 1. The molecule has 9 nitrogen and oxygen atoms in total. The van der Waals surface area contributed by atoms with Crippen LogP contribution in [0.15, 0.2) is 27.3 Å². The summed E-state index contributed by atoms with van der Waals surface area (Å²) < 4.78 is 17.8. The number of rotatable bonds is 2. The predicted molar refractivity (Wildman–Crippen MR) is 130 cm³/mol. The Bertz CT molecular complexity index is 1300. The van der Waals surface area contributed by atoms with Crippen LogP contribution in [-0.4, -0.2) is 53.3 Å². The summed E-state index contributed by atoms with van der Waals surface area (Å²) in [5.41, 5.74) is 3.54. The van der Waals surface area contributed by atoms with Crippen molar-refractivity contribution in [2.75, 3.05) is 18.0 Å². The highest BCUT2D eigenvalue weighted by molar-refractivity contribution is 9.10. The SMILES string of the molecule is CC(C)(C)[S@@+]([O-])/N=C1\c2cccnc2CC12CCN(c1nc(C#N)c3c(Br)n[nH]c3n1)CC2. The molecule has 33 heavy (non-hydrogen) atoms. The zero-order valence-electron chi connectivity index (χ0n) is 18.6. The Labute approximate surface area is 203 Å². The Kier molecular flexibility index (Phi) is 5.42. The van der Waals surface area contributed by atoms with Crippen molar-refractivity contribution in [2.45, 2.75) is 44.8 Å². The number of hydrogen-bond acceptors (Lipinski definition) is 8. The molecule has 0 unspecified atom stereocenters. The molecular weight excluding hydrogens is 504 g/mol. The standard InChI is InChI=1S/C22H23BrN8OS/c1-21(2,3)33(32)30-17-13-5-4-8-25-14(13)11-22(17)6-9-31(10-7-22)20-26-15(12-24)16-18(23)28-29-19(16)27-20/h4-5,8H,6-7,9-11H2,1-3H3,(H,26,27,28,29)/b30-17+/t33-/m1/s1. The van der Waals surface area contributed by atoms with E-state index in [9.17, 15) is 9.81 Å². The minimum atomic E-state index is -1.35. The molecular formula is C22H23BrN8OS. The molecule has 5 rings (SSSR count). The maximum Gasteiger partial charge on any atom is 0.228 e. The van der Waals surface area contributed by atoms with Crippen LogP contribution in [0.2, 0.25) is 0 Å². The largest absolute Gasteiger partial charge is 0.591 e. The lowest BCUT2D eigenvalue weighted by atomic mass is 9.75. The van der Waals surface area contributed by atoms with Crippen molar-refractivity contribution < 1.29 is 4.55 Å². The van der Waals surface area contributed by atoms with Gasteiger partial charge in [0.15, 0.2) is 11.3 Å². The first-order valence-electron chi connectivity index (χ1n) is 10.7. The van der Waals surface area contributed by atoms with E-state index in [1.807, 2.05) is 32.9 Å². The van der Waals surface area contributed by atoms with Crippen molar-refractivity contribution in [1.29, 1.82) is 5.26 Å². The van der Waals surface area contributed by atoms with E-state index >= 15 is 0 Å². The summed E-state index contributed by atoms with van der Waals surface area (Å²) in [7, 11) is 0. The summed E-state index contributed by atoms with van der Waals surface area (Å²) in [6.45, 7) is 7.21. The summed E-state index contributed by atoms with van der Waals surface area (Å²) in [6, 6.07) is 6.10. The van der Waals surface area contributed by atoms with Gasteiger partial charge in [-0.2, -0.15) is 15.3 Å². The second-order valence-corrected chi connectivity index (χ2v) is 12.1. The van der Waals surface area contributed by atoms with Gasteiger partial charge in [0, 0.05) is 36.7 Å². The van der Waals surface area contributed by atoms with Crippen LogP contribution in [0.1, 0.15) is 50.6 Å². The molecule has 1 spiro atoms. The lowest BCUT2D eigenvalue weighted by Crippen LogP contribution is -2.44. The first kappa shape index (κ1) is 22.3. The van der Waals surface area contributed by atoms with Crippen molar-refractivity contribution in [2.24, 2.45) is 9.81 Å². The van der Waals surface area contributed by atoms with Crippen molar-refractivity contribution in [3.63, 3.8) is 0 Å². The summed E-state index contributed by atoms with van der Waals surface area (Å²) in [5, 5.41) is 17.1. The lowest BCUT2D eigenvalue weighted by Gasteiger charge is -2.39. The monoisotopic (exact) mass is 526 g/mol. The molecule has 1 aliphatic heterocycles. The van der Waals surface area contributed by atoms with Gasteiger partial charge in [-0.05, 0) is 61.7 Å². The number of anilines is 1. The Morgan fingerprint density at radius 1 is 1.30 bits per heavy atom. The molecule has 0 saturated carbocycles. The van der Waals surface area contributed by atoms with E-state index in [-0.39, 0.29) is 11.1 Å². The molecule has 1 aliphatic carbocycles. The third kappa shape index (κ3) is 3.80. The third-order valence-corrected chi connectivity index (χ3v) is 8.29. The summed E-state index contributed by atoms with van der Waals surface area (Å²) >= 11 is 1.99. The molecule has 3 aromatic rings. The van der Waals surface area contributed by atoms with Crippen LogP contribution in [-0.2, 0) is 17.8 Å². The zero-order chi connectivity index (χ0) is 23.4. The highest BCUT2D eigenvalue weighted by atomic mass is 79.9. The quantitative estimate of drug-likeness (QED) is 0.505. The van der Waals surface area contributed by atoms with Gasteiger partial charge in [-0.3, -0.25) is 10.1 Å². The first-order chi connectivity index (χ1) is 15.7. The van der Waals surface area contributed by atoms with Crippen molar-refractivity contribution >= 4 is 50.0 Å². The molecule has 1 saturated heterocycles. The van der Waals surface area contributed by atoms with E-state index < -0.39 is 16.1 Å². The molecule has 0 radical (unpaired) electrons. The van der Waals surface area contributed by atoms with Gasteiger partial charge >= 0.3 is 0 Å². The van der Waals surface area contributed by atoms with Gasteiger partial charge in [-0.15, -0.1) is 0 Å². The van der Waals surface area contributed by atoms with E-state index in [2.05, 4.69) is 52.0 Å². The van der Waals surface area contributed by atoms with Crippen LogP contribution in [0.3, 0.4) is 0 Å². The Morgan fingerprint density at radius 2 is 2.06 bits per heavy atom. The minimum Gasteiger partial charge on any atom is -0.591 e. The van der Waals surface area contributed by atoms with Crippen LogP contribution in [0.25, 0.3) is 11.0 Å². The average Bonchev–Trinajstić information content (AvgIpc) is 3.31. The number of pyridine rings is 1. The number of halogens is 1. The Balaban J connectivity index is 1.46. The van der Waals surface area contributed by atoms with Crippen LogP contribution in [0.4, 0.5) is 5.95 Å². The highest BCUT2D eigenvalue weighted by Gasteiger charge is 2.48. The number of aromatic nitrogens is 5. The van der Waals surface area contributed by atoms with Crippen LogP contribution in [0, 0.1) is 16.7 Å². The third-order valence-electron chi connectivity index (χ3n) is 6.32. The molecule has 1 fully saturated rings. The van der Waals surface area contributed by atoms with Gasteiger partial charge < -0.3 is 9.45 Å². The number of piperidine rings is 1. The second-order valence-electron chi connectivity index (χ2n) is 9.47. The van der Waals surface area contributed by atoms with Gasteiger partial charge in [0.05, 0.1) is 11.1 Å². The normalized spacial score (nSPS) is 19.8. The van der Waals surface area contributed by atoms with E-state index in [0.29, 0.717) is 34.7 Å². The van der Waals surface area contributed by atoms with Gasteiger partial charge in [0.2, 0.25) is 5.95 Å². The maximum atomic E-state index is 13.0. The fourth-order valence-electron chi connectivity index (χ4n) is 4.50. The first-order valence-corrected chi connectivity index (χ1v) is 12.6. The number of nitrogens with zero attached hydrogens (tertiary/aromatic N) is 7. The Morgan fingerprint density at radius 3 is 2.76 bits per heavy atom. The lowest BCUT2D eigenvalue weighted by molar-refractivity contribution is 0.327. The van der Waals surface area contributed by atoms with E-state index in [1.165, 1.54) is 0 Å². The smallest absolute Gasteiger partial charge is 0.228 e. The molecule has 0 aromatic carbocycles. The van der Waals surface area contributed by atoms with Crippen LogP contribution in [0.5, 0.6) is 0 Å². The molecule has 2 aliphatic rings. The van der Waals surface area contributed by atoms with Gasteiger partial charge in [-0.1, -0.05) is 4.40 Å². The van der Waals surface area contributed by atoms with Crippen molar-refractivity contribution in [3.05, 3.63) is 39.9 Å². The van der Waals surface area contributed by atoms with Crippen molar-refractivity contribution in [3.8, 4) is 6.07 Å². The molecule has 0 bridgehead atoms. The van der Waals surface area contributed by atoms with Gasteiger partial charge in [-0.25, -0.2) is 4.98 Å². The molecule has 170 valence electrons. The predicted octanol–water partition coefficient (Wildman–Crippen LogP) is 3.48. The second kappa shape index (κ2) is 8.04. The number of nitriles is 1. The highest BCUT2D eigenvalue weighted by Crippen LogP contribution is 2.45. The maximum absolute atomic E-state index is 13.0. The fraction of sp³-hybridized carbons (Fsp3) is 0.455. The summed E-state index contributed by atoms with van der Waals surface area (Å²) in [5.74, 6) is 0.510. The molecule has 0 amide bonds. The molecule has 1 atom stereocenters. The minimum absolute atomic E-state index is 0.215. The Hall–Kier alpha value is -2.55. The number of nitrogens with one attached hydrogen (secondary N) is 1. The van der Waals surface area contributed by atoms with Crippen LogP contribution >= 0.6 is 15.9 Å². The van der Waals surface area contributed by atoms with Crippen molar-refractivity contribution in [1.82, 2.24) is 25.1 Å². The van der Waals surface area contributed by atoms with Gasteiger partial charge in [0.25, 0.3) is 0 Å². The average molecular weight is 527 g/mol. The number of fused-ring (bicyclic) bond motifs is 2. The summed E-state index contributed by atoms with van der Waals surface area (Å²) in [4.78, 5) is 15.8. The molecule has 4 heterocycles.